The molecule has 0 unspecified atom stereocenters. The Bertz CT molecular complexity index is 1350. The zero-order chi connectivity index (χ0) is 23.7. The number of carbonyl (C=O) groups is 1. The van der Waals surface area contributed by atoms with Gasteiger partial charge in [0.05, 0.1) is 24.4 Å². The molecule has 0 spiro atoms. The van der Waals surface area contributed by atoms with Crippen LogP contribution in [-0.4, -0.2) is 46.0 Å². The van der Waals surface area contributed by atoms with Gasteiger partial charge in [-0.25, -0.2) is 4.98 Å². The molecule has 1 aliphatic heterocycles. The molecule has 1 aliphatic rings. The van der Waals surface area contributed by atoms with E-state index in [0.717, 1.165) is 40.1 Å². The largest absolute Gasteiger partial charge is 0.375 e. The molecule has 4 aromatic rings. The van der Waals surface area contributed by atoms with Gasteiger partial charge < -0.3 is 20.7 Å². The Hall–Kier alpha value is -3.75. The Morgan fingerprint density at radius 3 is 2.74 bits per heavy atom. The third-order valence-corrected chi connectivity index (χ3v) is 5.98. The van der Waals surface area contributed by atoms with Crippen molar-refractivity contribution in [1.82, 2.24) is 19.4 Å². The lowest BCUT2D eigenvalue weighted by Crippen LogP contribution is -2.20. The molecule has 0 saturated heterocycles. The number of ether oxygens (including phenoxy) is 1. The number of primary amides is 1. The van der Waals surface area contributed by atoms with Gasteiger partial charge in [-0.2, -0.15) is 4.98 Å². The summed E-state index contributed by atoms with van der Waals surface area (Å²) in [6, 6.07) is 17.8. The fourth-order valence-corrected chi connectivity index (χ4v) is 4.45. The first kappa shape index (κ1) is 22.1. The van der Waals surface area contributed by atoms with Gasteiger partial charge in [0.25, 0.3) is 0 Å². The van der Waals surface area contributed by atoms with Crippen LogP contribution in [0, 0.1) is 0 Å². The maximum Gasteiger partial charge on any atom is 0.249 e. The lowest BCUT2D eigenvalue weighted by atomic mass is 10.1. The van der Waals surface area contributed by atoms with E-state index in [-0.39, 0.29) is 0 Å². The highest BCUT2D eigenvalue weighted by atomic mass is 16.5. The lowest BCUT2D eigenvalue weighted by Gasteiger charge is -2.21. The second kappa shape index (κ2) is 9.24. The van der Waals surface area contributed by atoms with Gasteiger partial charge in [-0.1, -0.05) is 36.4 Å². The first-order valence-corrected chi connectivity index (χ1v) is 11.3. The first-order valence-electron chi connectivity index (χ1n) is 11.3. The summed E-state index contributed by atoms with van der Waals surface area (Å²) in [4.78, 5) is 24.1. The van der Waals surface area contributed by atoms with Gasteiger partial charge in [0.2, 0.25) is 11.9 Å². The van der Waals surface area contributed by atoms with Crippen molar-refractivity contribution in [2.24, 2.45) is 5.73 Å². The molecular weight excluding hydrogens is 428 g/mol. The van der Waals surface area contributed by atoms with E-state index in [4.69, 9.17) is 20.4 Å². The summed E-state index contributed by atoms with van der Waals surface area (Å²) in [6.45, 7) is 2.40. The van der Waals surface area contributed by atoms with E-state index in [1.165, 1.54) is 5.56 Å². The average molecular weight is 457 g/mol. The van der Waals surface area contributed by atoms with Crippen molar-refractivity contribution in [3.63, 3.8) is 0 Å². The summed E-state index contributed by atoms with van der Waals surface area (Å²) in [7, 11) is 4.01. The van der Waals surface area contributed by atoms with Crippen LogP contribution in [-0.2, 0) is 30.9 Å². The SMILES string of the molecule is CN(C)Cc1cc2c(C(N)=O)cccc2n1-c1nc2c(c(NCc3ccccc3)n1)CCOC2. The molecule has 1 amide bonds. The molecule has 34 heavy (non-hydrogen) atoms. The molecule has 0 saturated carbocycles. The molecule has 2 aromatic carbocycles. The first-order chi connectivity index (χ1) is 16.5. The summed E-state index contributed by atoms with van der Waals surface area (Å²) in [5, 5.41) is 4.32. The molecule has 3 heterocycles. The van der Waals surface area contributed by atoms with Gasteiger partial charge in [-0.05, 0) is 37.9 Å². The number of nitrogens with zero attached hydrogens (tertiary/aromatic N) is 4. The number of hydrogen-bond donors (Lipinski definition) is 2. The molecule has 2 aromatic heterocycles. The number of aromatic nitrogens is 3. The number of hydrogen-bond acceptors (Lipinski definition) is 6. The summed E-state index contributed by atoms with van der Waals surface area (Å²) < 4.78 is 7.74. The fourth-order valence-electron chi connectivity index (χ4n) is 4.45. The molecule has 0 fully saturated rings. The van der Waals surface area contributed by atoms with Gasteiger partial charge in [0, 0.05) is 41.7 Å². The monoisotopic (exact) mass is 456 g/mol. The van der Waals surface area contributed by atoms with E-state index in [1.54, 1.807) is 6.07 Å². The highest BCUT2D eigenvalue weighted by Gasteiger charge is 2.22. The smallest absolute Gasteiger partial charge is 0.249 e. The number of anilines is 1. The Kier molecular flexibility index (Phi) is 6.00. The van der Waals surface area contributed by atoms with Crippen LogP contribution in [0.15, 0.2) is 54.6 Å². The minimum atomic E-state index is -0.455. The highest BCUT2D eigenvalue weighted by molar-refractivity contribution is 6.06. The third kappa shape index (κ3) is 4.25. The Morgan fingerprint density at radius 1 is 1.15 bits per heavy atom. The van der Waals surface area contributed by atoms with Gasteiger partial charge in [0.1, 0.15) is 5.82 Å². The van der Waals surface area contributed by atoms with Crippen molar-refractivity contribution in [1.29, 1.82) is 0 Å². The van der Waals surface area contributed by atoms with Crippen molar-refractivity contribution in [2.75, 3.05) is 26.0 Å². The normalized spacial score (nSPS) is 13.3. The minimum absolute atomic E-state index is 0.444. The lowest BCUT2D eigenvalue weighted by molar-refractivity contribution is 0.100. The quantitative estimate of drug-likeness (QED) is 0.443. The van der Waals surface area contributed by atoms with E-state index in [2.05, 4.69) is 22.3 Å². The summed E-state index contributed by atoms with van der Waals surface area (Å²) >= 11 is 0. The van der Waals surface area contributed by atoms with E-state index in [1.807, 2.05) is 55.1 Å². The maximum atomic E-state index is 12.1. The summed E-state index contributed by atoms with van der Waals surface area (Å²) in [5.41, 5.74) is 11.1. The van der Waals surface area contributed by atoms with Crippen LogP contribution in [0.25, 0.3) is 16.9 Å². The summed E-state index contributed by atoms with van der Waals surface area (Å²) in [5.74, 6) is 0.910. The zero-order valence-electron chi connectivity index (χ0n) is 19.4. The number of rotatable bonds is 7. The van der Waals surface area contributed by atoms with Gasteiger partial charge in [-0.3, -0.25) is 9.36 Å². The predicted molar refractivity (Wildman–Crippen MR) is 132 cm³/mol. The maximum absolute atomic E-state index is 12.1. The number of benzene rings is 2. The number of fused-ring (bicyclic) bond motifs is 2. The van der Waals surface area contributed by atoms with Crippen molar-refractivity contribution < 1.29 is 9.53 Å². The Labute approximate surface area is 198 Å². The third-order valence-electron chi connectivity index (χ3n) is 5.98. The molecule has 174 valence electrons. The van der Waals surface area contributed by atoms with Gasteiger partial charge in [0.15, 0.2) is 0 Å². The number of amides is 1. The molecule has 0 radical (unpaired) electrons. The number of nitrogens with two attached hydrogens (primary N) is 1. The van der Waals surface area contributed by atoms with E-state index in [9.17, 15) is 4.79 Å². The molecule has 0 bridgehead atoms. The van der Waals surface area contributed by atoms with Crippen molar-refractivity contribution >= 4 is 22.6 Å². The Balaban J connectivity index is 1.66. The zero-order valence-corrected chi connectivity index (χ0v) is 19.4. The molecule has 8 nitrogen and oxygen atoms in total. The van der Waals surface area contributed by atoms with Crippen molar-refractivity contribution in [3.8, 4) is 5.95 Å². The van der Waals surface area contributed by atoms with Crippen LogP contribution in [0.1, 0.15) is 32.9 Å². The van der Waals surface area contributed by atoms with Crippen LogP contribution in [0.2, 0.25) is 0 Å². The molecular formula is C26H28N6O2. The molecule has 3 N–H and O–H groups in total. The van der Waals surface area contributed by atoms with Crippen LogP contribution in [0.3, 0.4) is 0 Å². The highest BCUT2D eigenvalue weighted by Crippen LogP contribution is 2.30. The fraction of sp³-hybridized carbons (Fsp3) is 0.269. The van der Waals surface area contributed by atoms with E-state index >= 15 is 0 Å². The van der Waals surface area contributed by atoms with Crippen LogP contribution in [0.5, 0.6) is 0 Å². The topological polar surface area (TPSA) is 98.3 Å². The van der Waals surface area contributed by atoms with Crippen LogP contribution >= 0.6 is 0 Å². The van der Waals surface area contributed by atoms with Gasteiger partial charge in [-0.15, -0.1) is 0 Å². The second-order valence-electron chi connectivity index (χ2n) is 8.75. The number of carbonyl (C=O) groups excluding carboxylic acids is 1. The molecule has 0 aliphatic carbocycles. The van der Waals surface area contributed by atoms with Crippen LogP contribution < -0.4 is 11.1 Å². The van der Waals surface area contributed by atoms with Crippen LogP contribution in [0.4, 0.5) is 5.82 Å². The Morgan fingerprint density at radius 2 is 1.97 bits per heavy atom. The predicted octanol–water partition coefficient (Wildman–Crippen LogP) is 3.27. The number of nitrogens with one attached hydrogen (secondary N) is 1. The van der Waals surface area contributed by atoms with E-state index < -0.39 is 5.91 Å². The van der Waals surface area contributed by atoms with Gasteiger partial charge >= 0.3 is 0 Å². The molecule has 0 atom stereocenters. The molecule has 5 rings (SSSR count). The summed E-state index contributed by atoms with van der Waals surface area (Å²) in [6.07, 6.45) is 0.759. The minimum Gasteiger partial charge on any atom is -0.375 e. The average Bonchev–Trinajstić information content (AvgIpc) is 3.20. The van der Waals surface area contributed by atoms with E-state index in [0.29, 0.717) is 37.8 Å². The second-order valence-corrected chi connectivity index (χ2v) is 8.75. The van der Waals surface area contributed by atoms with Crippen molar-refractivity contribution in [3.05, 3.63) is 82.7 Å². The standard InChI is InChI=1S/C26H28N6O2/c1-31(2)15-18-13-21-19(24(27)33)9-6-10-23(21)32(18)26-29-22-16-34-12-11-20(22)25(30-26)28-14-17-7-4-3-5-8-17/h3-10,13H,11-12,14-16H2,1-2H3,(H2,27,33)(H,28,29,30). The van der Waals surface area contributed by atoms with Crippen molar-refractivity contribution in [2.45, 2.75) is 26.1 Å². The molecule has 8 heteroatoms.